The number of carbonyl (C=O) groups is 1. The number of fused-ring (bicyclic) bond motifs is 1. The van der Waals surface area contributed by atoms with E-state index in [1.165, 1.54) is 0 Å². The number of hydrogen-bond acceptors (Lipinski definition) is 5. The molecule has 5 heteroatoms. The number of aliphatic hydroxyl groups is 1. The fourth-order valence-electron chi connectivity index (χ4n) is 3.28. The number of pyridine rings is 1. The Morgan fingerprint density at radius 3 is 2.54 bits per heavy atom. The molecule has 3 rings (SSSR count). The van der Waals surface area contributed by atoms with E-state index in [2.05, 4.69) is 11.6 Å². The molecule has 0 amide bonds. The fraction of sp³-hybridized carbons (Fsp3) is 0.217. The summed E-state index contributed by atoms with van der Waals surface area (Å²) in [7, 11) is 3.18. The zero-order chi connectivity index (χ0) is 20.3. The second-order valence-electron chi connectivity index (χ2n) is 6.50. The number of carbonyl (C=O) groups excluding carboxylic acids is 1. The molecule has 0 radical (unpaired) electrons. The topological polar surface area (TPSA) is 68.7 Å². The first-order valence-electron chi connectivity index (χ1n) is 9.02. The lowest BCUT2D eigenvalue weighted by Gasteiger charge is -2.14. The molecular weight excluding hydrogens is 354 g/mol. The van der Waals surface area contributed by atoms with E-state index in [1.54, 1.807) is 44.7 Å². The number of benzene rings is 2. The second kappa shape index (κ2) is 8.13. The van der Waals surface area contributed by atoms with Crippen LogP contribution in [0.3, 0.4) is 0 Å². The van der Waals surface area contributed by atoms with Gasteiger partial charge in [0.25, 0.3) is 0 Å². The van der Waals surface area contributed by atoms with Gasteiger partial charge < -0.3 is 14.6 Å². The third-order valence-corrected chi connectivity index (χ3v) is 4.69. The summed E-state index contributed by atoms with van der Waals surface area (Å²) < 4.78 is 10.7. The van der Waals surface area contributed by atoms with E-state index in [4.69, 9.17) is 9.47 Å². The number of aromatic nitrogens is 1. The van der Waals surface area contributed by atoms with Crippen molar-refractivity contribution in [2.75, 3.05) is 14.2 Å². The molecule has 5 nitrogen and oxygen atoms in total. The maximum atomic E-state index is 13.2. The smallest absolute Gasteiger partial charge is 0.212 e. The summed E-state index contributed by atoms with van der Waals surface area (Å²) in [4.78, 5) is 17.6. The lowest BCUT2D eigenvalue weighted by atomic mass is 9.95. The quantitative estimate of drug-likeness (QED) is 0.479. The summed E-state index contributed by atoms with van der Waals surface area (Å²) in [6, 6.07) is 10.8. The Kier molecular flexibility index (Phi) is 5.64. The van der Waals surface area contributed by atoms with Crippen molar-refractivity contribution in [1.29, 1.82) is 0 Å². The van der Waals surface area contributed by atoms with Crippen LogP contribution >= 0.6 is 0 Å². The average Bonchev–Trinajstić information content (AvgIpc) is 2.72. The molecule has 1 heterocycles. The summed E-state index contributed by atoms with van der Waals surface area (Å²) >= 11 is 0. The van der Waals surface area contributed by atoms with E-state index in [0.29, 0.717) is 17.0 Å². The van der Waals surface area contributed by atoms with E-state index in [0.717, 1.165) is 34.1 Å². The summed E-state index contributed by atoms with van der Waals surface area (Å²) in [5, 5.41) is 11.2. The van der Waals surface area contributed by atoms with E-state index in [9.17, 15) is 9.90 Å². The number of ketones is 1. The van der Waals surface area contributed by atoms with Crippen molar-refractivity contribution in [1.82, 2.24) is 4.98 Å². The minimum absolute atomic E-state index is 0.0357. The molecule has 0 aliphatic carbocycles. The monoisotopic (exact) mass is 377 g/mol. The van der Waals surface area contributed by atoms with Crippen LogP contribution in [0.25, 0.3) is 10.8 Å². The molecular formula is C23H23NO4. The predicted molar refractivity (Wildman–Crippen MR) is 110 cm³/mol. The van der Waals surface area contributed by atoms with Crippen LogP contribution in [-0.4, -0.2) is 30.1 Å². The lowest BCUT2D eigenvalue weighted by molar-refractivity contribution is 0.103. The van der Waals surface area contributed by atoms with Gasteiger partial charge in [-0.2, -0.15) is 0 Å². The van der Waals surface area contributed by atoms with E-state index in [1.807, 2.05) is 19.1 Å². The highest BCUT2D eigenvalue weighted by Crippen LogP contribution is 2.32. The minimum atomic E-state index is -0.189. The van der Waals surface area contributed by atoms with Gasteiger partial charge in [0.2, 0.25) is 5.78 Å². The summed E-state index contributed by atoms with van der Waals surface area (Å²) in [5.74, 6) is 1.20. The molecule has 28 heavy (non-hydrogen) atoms. The Bertz CT molecular complexity index is 1060. The van der Waals surface area contributed by atoms with Crippen molar-refractivity contribution < 1.29 is 19.4 Å². The largest absolute Gasteiger partial charge is 0.513 e. The van der Waals surface area contributed by atoms with Crippen LogP contribution < -0.4 is 9.47 Å². The van der Waals surface area contributed by atoms with Gasteiger partial charge in [-0.3, -0.25) is 9.78 Å². The van der Waals surface area contributed by atoms with Crippen molar-refractivity contribution in [2.45, 2.75) is 19.8 Å². The molecule has 1 aromatic heterocycles. The number of allylic oxidation sites excluding steroid dienone is 1. The zero-order valence-electron chi connectivity index (χ0n) is 16.3. The van der Waals surface area contributed by atoms with Gasteiger partial charge >= 0.3 is 0 Å². The summed E-state index contributed by atoms with van der Waals surface area (Å²) in [5.41, 5.74) is 2.62. The molecule has 3 aromatic rings. The van der Waals surface area contributed by atoms with Crippen LogP contribution in [0.1, 0.15) is 34.1 Å². The Hall–Kier alpha value is -3.34. The number of hydrogen-bond donors (Lipinski definition) is 1. The van der Waals surface area contributed by atoms with Gasteiger partial charge in [-0.05, 0) is 47.2 Å². The molecule has 0 unspecified atom stereocenters. The zero-order valence-corrected chi connectivity index (χ0v) is 16.3. The van der Waals surface area contributed by atoms with Crippen LogP contribution in [0.5, 0.6) is 11.5 Å². The van der Waals surface area contributed by atoms with Gasteiger partial charge in [0.15, 0.2) is 0 Å². The van der Waals surface area contributed by atoms with Crippen molar-refractivity contribution in [3.05, 3.63) is 77.3 Å². The van der Waals surface area contributed by atoms with Gasteiger partial charge in [0.1, 0.15) is 17.2 Å². The predicted octanol–water partition coefficient (Wildman–Crippen LogP) is 4.66. The van der Waals surface area contributed by atoms with Crippen LogP contribution in [0.15, 0.2) is 54.9 Å². The van der Waals surface area contributed by atoms with Crippen molar-refractivity contribution in [2.24, 2.45) is 0 Å². The third kappa shape index (κ3) is 3.69. The molecule has 0 saturated heterocycles. The maximum absolute atomic E-state index is 13.2. The van der Waals surface area contributed by atoms with Crippen LogP contribution in [0.4, 0.5) is 0 Å². The number of ether oxygens (including phenoxy) is 2. The van der Waals surface area contributed by atoms with Gasteiger partial charge in [0, 0.05) is 23.6 Å². The van der Waals surface area contributed by atoms with Crippen molar-refractivity contribution >= 4 is 16.6 Å². The molecule has 0 spiro atoms. The molecule has 144 valence electrons. The first-order valence-corrected chi connectivity index (χ1v) is 9.02. The maximum Gasteiger partial charge on any atom is 0.212 e. The van der Waals surface area contributed by atoms with Crippen molar-refractivity contribution in [3.8, 4) is 11.5 Å². The lowest BCUT2D eigenvalue weighted by Crippen LogP contribution is -2.07. The van der Waals surface area contributed by atoms with Crippen LogP contribution in [0.2, 0.25) is 0 Å². The SMILES string of the molecule is C=C(O)Cc1cnc(C(=O)c2cccc(OC)c2)c2cc(CC)c(OC)cc12. The van der Waals surface area contributed by atoms with Gasteiger partial charge in [-0.1, -0.05) is 25.6 Å². The molecule has 0 atom stereocenters. The highest BCUT2D eigenvalue weighted by Gasteiger charge is 2.19. The van der Waals surface area contributed by atoms with Crippen LogP contribution in [-0.2, 0) is 12.8 Å². The van der Waals surface area contributed by atoms with E-state index in [-0.39, 0.29) is 18.0 Å². The van der Waals surface area contributed by atoms with Crippen molar-refractivity contribution in [3.63, 3.8) is 0 Å². The average molecular weight is 377 g/mol. The number of nitrogens with zero attached hydrogens (tertiary/aromatic N) is 1. The molecule has 0 aliphatic rings. The highest BCUT2D eigenvalue weighted by atomic mass is 16.5. The van der Waals surface area contributed by atoms with Gasteiger partial charge in [-0.25, -0.2) is 0 Å². The van der Waals surface area contributed by atoms with E-state index < -0.39 is 0 Å². The molecule has 0 saturated carbocycles. The van der Waals surface area contributed by atoms with Gasteiger partial charge in [0.05, 0.1) is 20.0 Å². The molecule has 1 N–H and O–H groups in total. The normalized spacial score (nSPS) is 10.7. The molecule has 0 bridgehead atoms. The number of rotatable bonds is 7. The summed E-state index contributed by atoms with van der Waals surface area (Å²) in [6.07, 6.45) is 2.62. The first-order chi connectivity index (χ1) is 13.5. The second-order valence-corrected chi connectivity index (χ2v) is 6.50. The molecule has 2 aromatic carbocycles. The summed E-state index contributed by atoms with van der Waals surface area (Å²) in [6.45, 7) is 5.60. The Labute approximate surface area is 164 Å². The number of aryl methyl sites for hydroxylation is 1. The van der Waals surface area contributed by atoms with Gasteiger partial charge in [-0.15, -0.1) is 0 Å². The number of methoxy groups -OCH3 is 2. The number of aliphatic hydroxyl groups excluding tert-OH is 1. The van der Waals surface area contributed by atoms with Crippen LogP contribution in [0, 0.1) is 0 Å². The third-order valence-electron chi connectivity index (χ3n) is 4.69. The Morgan fingerprint density at radius 2 is 1.89 bits per heavy atom. The minimum Gasteiger partial charge on any atom is -0.513 e. The standard InChI is InChI=1S/C23H23NO4/c1-5-15-11-20-19(12-21(15)28-4)17(9-14(2)25)13-24-22(20)23(26)16-7-6-8-18(10-16)27-3/h6-8,10-13,25H,2,5,9H2,1,3-4H3. The Morgan fingerprint density at radius 1 is 1.11 bits per heavy atom. The fourth-order valence-corrected chi connectivity index (χ4v) is 3.28. The van der Waals surface area contributed by atoms with E-state index >= 15 is 0 Å². The highest BCUT2D eigenvalue weighted by molar-refractivity contribution is 6.15. The Balaban J connectivity index is 2.24. The molecule has 0 fully saturated rings. The molecule has 0 aliphatic heterocycles. The first kappa shape index (κ1) is 19.4.